The number of hydrogen-bond donors (Lipinski definition) is 0. The van der Waals surface area contributed by atoms with E-state index in [1.807, 2.05) is 0 Å². The number of hydrogen-bond acceptors (Lipinski definition) is 0. The summed E-state index contributed by atoms with van der Waals surface area (Å²) in [5.74, 6) is 0. The van der Waals surface area contributed by atoms with Gasteiger partial charge in [-0.05, 0) is 53.3 Å². The summed E-state index contributed by atoms with van der Waals surface area (Å²) in [6.45, 7) is 2.20. The fourth-order valence-corrected chi connectivity index (χ4v) is 2.65. The zero-order valence-corrected chi connectivity index (χ0v) is 12.4. The molecule has 0 saturated heterocycles. The van der Waals surface area contributed by atoms with Crippen molar-refractivity contribution in [1.82, 2.24) is 0 Å². The maximum absolute atomic E-state index is 2.34. The van der Waals surface area contributed by atoms with Crippen LogP contribution in [-0.4, -0.2) is 0 Å². The summed E-state index contributed by atoms with van der Waals surface area (Å²) in [5.41, 5.74) is 4.08. The van der Waals surface area contributed by atoms with E-state index in [4.69, 9.17) is 0 Å². The average molecular weight is 272 g/mol. The zero-order valence-electron chi connectivity index (χ0n) is 12.4. The third-order valence-electron chi connectivity index (χ3n) is 3.93. The van der Waals surface area contributed by atoms with Gasteiger partial charge in [-0.25, -0.2) is 0 Å². The molecule has 0 saturated carbocycles. The Kier molecular flexibility index (Phi) is 4.16. The van der Waals surface area contributed by atoms with E-state index in [-0.39, 0.29) is 0 Å². The first-order valence-electron chi connectivity index (χ1n) is 7.53. The first-order valence-corrected chi connectivity index (χ1v) is 7.53. The SMILES string of the molecule is CC(=CCCc1ccccc1)c1ccc2ccccc2c1. The van der Waals surface area contributed by atoms with Crippen molar-refractivity contribution < 1.29 is 0 Å². The normalized spacial score (nSPS) is 11.8. The van der Waals surface area contributed by atoms with Crippen molar-refractivity contribution in [1.29, 1.82) is 0 Å². The van der Waals surface area contributed by atoms with Crippen molar-refractivity contribution in [3.63, 3.8) is 0 Å². The molecule has 0 N–H and O–H groups in total. The fraction of sp³-hybridized carbons (Fsp3) is 0.143. The Hall–Kier alpha value is -2.34. The van der Waals surface area contributed by atoms with E-state index in [9.17, 15) is 0 Å². The van der Waals surface area contributed by atoms with Gasteiger partial charge in [0.1, 0.15) is 0 Å². The third kappa shape index (κ3) is 3.41. The second-order valence-corrected chi connectivity index (χ2v) is 5.47. The molecule has 0 nitrogen and oxygen atoms in total. The van der Waals surface area contributed by atoms with Crippen LogP contribution in [0.1, 0.15) is 24.5 Å². The van der Waals surface area contributed by atoms with Gasteiger partial charge in [0.2, 0.25) is 0 Å². The minimum absolute atomic E-state index is 1.09. The molecule has 0 spiro atoms. The number of allylic oxidation sites excluding steroid dienone is 2. The van der Waals surface area contributed by atoms with Gasteiger partial charge in [-0.2, -0.15) is 0 Å². The molecule has 0 aliphatic rings. The molecule has 0 bridgehead atoms. The Balaban J connectivity index is 1.73. The van der Waals surface area contributed by atoms with E-state index < -0.39 is 0 Å². The maximum atomic E-state index is 2.34. The topological polar surface area (TPSA) is 0 Å². The van der Waals surface area contributed by atoms with Crippen molar-refractivity contribution in [2.24, 2.45) is 0 Å². The van der Waals surface area contributed by atoms with Crippen molar-refractivity contribution in [3.05, 3.63) is 90.0 Å². The van der Waals surface area contributed by atoms with E-state index in [1.165, 1.54) is 27.5 Å². The molecule has 0 aromatic heterocycles. The summed E-state index contributed by atoms with van der Waals surface area (Å²) >= 11 is 0. The molecule has 0 heteroatoms. The molecule has 0 amide bonds. The molecule has 21 heavy (non-hydrogen) atoms. The van der Waals surface area contributed by atoms with E-state index >= 15 is 0 Å². The molecule has 104 valence electrons. The predicted octanol–water partition coefficient (Wildman–Crippen LogP) is 5.88. The molecule has 0 heterocycles. The van der Waals surface area contributed by atoms with Crippen molar-refractivity contribution >= 4 is 16.3 Å². The molecular weight excluding hydrogens is 252 g/mol. The van der Waals surface area contributed by atoms with Crippen LogP contribution in [0.5, 0.6) is 0 Å². The van der Waals surface area contributed by atoms with Crippen molar-refractivity contribution in [2.45, 2.75) is 19.8 Å². The number of fused-ring (bicyclic) bond motifs is 1. The van der Waals surface area contributed by atoms with Crippen LogP contribution in [0.4, 0.5) is 0 Å². The van der Waals surface area contributed by atoms with Crippen LogP contribution in [-0.2, 0) is 6.42 Å². The highest BCUT2D eigenvalue weighted by Gasteiger charge is 1.98. The molecule has 0 aliphatic carbocycles. The molecule has 3 rings (SSSR count). The molecule has 0 radical (unpaired) electrons. The molecule has 0 fully saturated rings. The van der Waals surface area contributed by atoms with Gasteiger partial charge in [-0.15, -0.1) is 0 Å². The van der Waals surface area contributed by atoms with Crippen LogP contribution in [0.25, 0.3) is 16.3 Å². The van der Waals surface area contributed by atoms with Crippen molar-refractivity contribution in [3.8, 4) is 0 Å². The molecule has 3 aromatic rings. The van der Waals surface area contributed by atoms with Gasteiger partial charge in [0.05, 0.1) is 0 Å². The second kappa shape index (κ2) is 6.41. The summed E-state index contributed by atoms with van der Waals surface area (Å²) in [7, 11) is 0. The smallest absolute Gasteiger partial charge is 0.0178 e. The summed E-state index contributed by atoms with van der Waals surface area (Å²) in [6.07, 6.45) is 4.53. The maximum Gasteiger partial charge on any atom is -0.0178 e. The molecule has 3 aromatic carbocycles. The van der Waals surface area contributed by atoms with Crippen LogP contribution in [0.2, 0.25) is 0 Å². The predicted molar refractivity (Wildman–Crippen MR) is 92.4 cm³/mol. The second-order valence-electron chi connectivity index (χ2n) is 5.47. The lowest BCUT2D eigenvalue weighted by molar-refractivity contribution is 1.00. The Morgan fingerprint density at radius 3 is 2.33 bits per heavy atom. The number of benzene rings is 3. The van der Waals surface area contributed by atoms with Gasteiger partial charge >= 0.3 is 0 Å². The summed E-state index contributed by atoms with van der Waals surface area (Å²) < 4.78 is 0. The van der Waals surface area contributed by atoms with Gasteiger partial charge in [0.25, 0.3) is 0 Å². The van der Waals surface area contributed by atoms with Crippen LogP contribution >= 0.6 is 0 Å². The van der Waals surface area contributed by atoms with Crippen LogP contribution in [0, 0.1) is 0 Å². The minimum atomic E-state index is 1.09. The standard InChI is InChI=1S/C21H20/c1-17(8-7-11-18-9-3-2-4-10-18)20-15-14-19-12-5-6-13-21(19)16-20/h2-6,8-10,12-16H,7,11H2,1H3. The quantitative estimate of drug-likeness (QED) is 0.556. The first kappa shape index (κ1) is 13.6. The van der Waals surface area contributed by atoms with Crippen molar-refractivity contribution in [2.75, 3.05) is 0 Å². The van der Waals surface area contributed by atoms with Gasteiger partial charge in [0, 0.05) is 0 Å². The first-order chi connectivity index (χ1) is 10.3. The van der Waals surface area contributed by atoms with E-state index in [2.05, 4.69) is 85.8 Å². The monoisotopic (exact) mass is 272 g/mol. The third-order valence-corrected chi connectivity index (χ3v) is 3.93. The van der Waals surface area contributed by atoms with Gasteiger partial charge < -0.3 is 0 Å². The lowest BCUT2D eigenvalue weighted by atomic mass is 10.0. The number of aryl methyl sites for hydroxylation is 1. The van der Waals surface area contributed by atoms with Crippen LogP contribution in [0.3, 0.4) is 0 Å². The molecule has 0 aliphatic heterocycles. The Morgan fingerprint density at radius 2 is 1.52 bits per heavy atom. The van der Waals surface area contributed by atoms with Gasteiger partial charge in [-0.1, -0.05) is 72.8 Å². The fourth-order valence-electron chi connectivity index (χ4n) is 2.65. The minimum Gasteiger partial charge on any atom is -0.0807 e. The summed E-state index contributed by atoms with van der Waals surface area (Å²) in [5, 5.41) is 2.61. The lowest BCUT2D eigenvalue weighted by Crippen LogP contribution is -1.84. The molecular formula is C21H20. The zero-order chi connectivity index (χ0) is 14.5. The van der Waals surface area contributed by atoms with Gasteiger partial charge in [0.15, 0.2) is 0 Å². The van der Waals surface area contributed by atoms with Crippen LogP contribution in [0.15, 0.2) is 78.9 Å². The van der Waals surface area contributed by atoms with E-state index in [1.54, 1.807) is 0 Å². The largest absolute Gasteiger partial charge is 0.0807 e. The van der Waals surface area contributed by atoms with E-state index in [0.717, 1.165) is 12.8 Å². The average Bonchev–Trinajstić information content (AvgIpc) is 2.55. The highest BCUT2D eigenvalue weighted by molar-refractivity contribution is 5.86. The summed E-state index contributed by atoms with van der Waals surface area (Å²) in [6, 6.07) is 25.9. The Bertz CT molecular complexity index is 751. The van der Waals surface area contributed by atoms with E-state index in [0.29, 0.717) is 0 Å². The Morgan fingerprint density at radius 1 is 0.810 bits per heavy atom. The molecule has 0 unspecified atom stereocenters. The lowest BCUT2D eigenvalue weighted by Gasteiger charge is -2.05. The van der Waals surface area contributed by atoms with Gasteiger partial charge in [-0.3, -0.25) is 0 Å². The molecule has 0 atom stereocenters. The van der Waals surface area contributed by atoms with Crippen LogP contribution < -0.4 is 0 Å². The summed E-state index contributed by atoms with van der Waals surface area (Å²) in [4.78, 5) is 0. The Labute approximate surface area is 126 Å². The highest BCUT2D eigenvalue weighted by atomic mass is 14.0. The number of rotatable bonds is 4. The highest BCUT2D eigenvalue weighted by Crippen LogP contribution is 2.21.